The molecule has 2 N–H and O–H groups in total. The Labute approximate surface area is 148 Å². The third-order valence-electron chi connectivity index (χ3n) is 4.32. The van der Waals surface area contributed by atoms with Crippen LogP contribution in [0.1, 0.15) is 44.0 Å². The SMILES string of the molecule is CC(C)c1nccn1Cc1cccc(NC(=O)NCC2CCCO2)c1. The van der Waals surface area contributed by atoms with Gasteiger partial charge in [0.2, 0.25) is 0 Å². The Morgan fingerprint density at radius 3 is 3.08 bits per heavy atom. The normalized spacial score (nSPS) is 17.0. The molecule has 2 heterocycles. The van der Waals surface area contributed by atoms with Crippen molar-refractivity contribution in [3.05, 3.63) is 48.0 Å². The van der Waals surface area contributed by atoms with Gasteiger partial charge in [-0.3, -0.25) is 0 Å². The molecular weight excluding hydrogens is 316 g/mol. The number of nitrogens with zero attached hydrogens (tertiary/aromatic N) is 2. The fourth-order valence-corrected chi connectivity index (χ4v) is 3.09. The van der Waals surface area contributed by atoms with Gasteiger partial charge in [0.05, 0.1) is 6.10 Å². The maximum absolute atomic E-state index is 12.0. The van der Waals surface area contributed by atoms with E-state index in [-0.39, 0.29) is 12.1 Å². The smallest absolute Gasteiger partial charge is 0.319 e. The molecule has 25 heavy (non-hydrogen) atoms. The molecule has 134 valence electrons. The number of rotatable bonds is 6. The molecule has 1 aromatic heterocycles. The molecule has 6 heteroatoms. The van der Waals surface area contributed by atoms with Gasteiger partial charge in [-0.1, -0.05) is 26.0 Å². The molecule has 1 aliphatic rings. The van der Waals surface area contributed by atoms with E-state index >= 15 is 0 Å². The summed E-state index contributed by atoms with van der Waals surface area (Å²) in [5.74, 6) is 1.44. The standard InChI is InChI=1S/C19H26N4O2/c1-14(2)18-20-8-9-23(18)13-15-5-3-6-16(11-15)22-19(24)21-12-17-7-4-10-25-17/h3,5-6,8-9,11,14,17H,4,7,10,12-13H2,1-2H3,(H2,21,22,24). The molecule has 0 radical (unpaired) electrons. The van der Waals surface area contributed by atoms with Crippen LogP contribution in [-0.4, -0.2) is 34.8 Å². The van der Waals surface area contributed by atoms with E-state index in [0.717, 1.165) is 43.1 Å². The lowest BCUT2D eigenvalue weighted by Crippen LogP contribution is -2.35. The van der Waals surface area contributed by atoms with Crippen LogP contribution in [0.5, 0.6) is 0 Å². The van der Waals surface area contributed by atoms with Gasteiger partial charge in [-0.05, 0) is 30.5 Å². The summed E-state index contributed by atoms with van der Waals surface area (Å²) < 4.78 is 7.65. The lowest BCUT2D eigenvalue weighted by atomic mass is 10.1. The Morgan fingerprint density at radius 2 is 2.32 bits per heavy atom. The number of amides is 2. The highest BCUT2D eigenvalue weighted by atomic mass is 16.5. The first-order valence-corrected chi connectivity index (χ1v) is 8.88. The van der Waals surface area contributed by atoms with Crippen LogP contribution in [0, 0.1) is 0 Å². The monoisotopic (exact) mass is 342 g/mol. The summed E-state index contributed by atoms with van der Waals surface area (Å²) in [4.78, 5) is 16.5. The topological polar surface area (TPSA) is 68.2 Å². The number of carbonyl (C=O) groups is 1. The van der Waals surface area contributed by atoms with Crippen LogP contribution in [-0.2, 0) is 11.3 Å². The zero-order chi connectivity index (χ0) is 17.6. The Kier molecular flexibility index (Phi) is 5.71. The van der Waals surface area contributed by atoms with Gasteiger partial charge >= 0.3 is 6.03 Å². The zero-order valence-corrected chi connectivity index (χ0v) is 14.9. The second-order valence-corrected chi connectivity index (χ2v) is 6.74. The van der Waals surface area contributed by atoms with Crippen molar-refractivity contribution in [2.45, 2.75) is 45.3 Å². The molecule has 0 aliphatic carbocycles. The highest BCUT2D eigenvalue weighted by Gasteiger charge is 2.16. The molecule has 2 aromatic rings. The molecular formula is C19H26N4O2. The van der Waals surface area contributed by atoms with Crippen LogP contribution in [0.3, 0.4) is 0 Å². The van der Waals surface area contributed by atoms with E-state index in [2.05, 4.69) is 40.1 Å². The number of hydrogen-bond donors (Lipinski definition) is 2. The summed E-state index contributed by atoms with van der Waals surface area (Å²) in [7, 11) is 0. The molecule has 0 bridgehead atoms. The maximum Gasteiger partial charge on any atom is 0.319 e. The molecule has 1 atom stereocenters. The summed E-state index contributed by atoms with van der Waals surface area (Å²) in [5, 5.41) is 5.76. The van der Waals surface area contributed by atoms with Gasteiger partial charge in [0.1, 0.15) is 5.82 Å². The van der Waals surface area contributed by atoms with E-state index in [1.807, 2.05) is 30.6 Å². The molecule has 2 amide bonds. The minimum Gasteiger partial charge on any atom is -0.376 e. The van der Waals surface area contributed by atoms with Gasteiger partial charge in [-0.15, -0.1) is 0 Å². The second-order valence-electron chi connectivity index (χ2n) is 6.74. The van der Waals surface area contributed by atoms with Gasteiger partial charge in [0, 0.05) is 43.7 Å². The Balaban J connectivity index is 1.57. The molecule has 1 aromatic carbocycles. The molecule has 6 nitrogen and oxygen atoms in total. The molecule has 0 saturated carbocycles. The number of ether oxygens (including phenoxy) is 1. The Morgan fingerprint density at radius 1 is 1.44 bits per heavy atom. The van der Waals surface area contributed by atoms with Crippen molar-refractivity contribution in [3.63, 3.8) is 0 Å². The highest BCUT2D eigenvalue weighted by molar-refractivity contribution is 5.89. The zero-order valence-electron chi connectivity index (χ0n) is 14.9. The number of hydrogen-bond acceptors (Lipinski definition) is 3. The minimum atomic E-state index is -0.196. The van der Waals surface area contributed by atoms with Crippen LogP contribution in [0.15, 0.2) is 36.7 Å². The number of imidazole rings is 1. The van der Waals surface area contributed by atoms with Gasteiger partial charge in [0.15, 0.2) is 0 Å². The number of carbonyl (C=O) groups excluding carboxylic acids is 1. The number of anilines is 1. The average Bonchev–Trinajstić information content (AvgIpc) is 3.24. The van der Waals surface area contributed by atoms with E-state index in [1.54, 1.807) is 0 Å². The predicted octanol–water partition coefficient (Wildman–Crippen LogP) is 3.36. The molecule has 0 spiro atoms. The number of aromatic nitrogens is 2. The summed E-state index contributed by atoms with van der Waals surface area (Å²) >= 11 is 0. The molecule has 1 aliphatic heterocycles. The summed E-state index contributed by atoms with van der Waals surface area (Å²) in [6.45, 7) is 6.35. The molecule has 1 fully saturated rings. The maximum atomic E-state index is 12.0. The van der Waals surface area contributed by atoms with Crippen LogP contribution in [0.2, 0.25) is 0 Å². The van der Waals surface area contributed by atoms with Crippen LogP contribution in [0.4, 0.5) is 10.5 Å². The van der Waals surface area contributed by atoms with E-state index in [1.165, 1.54) is 0 Å². The van der Waals surface area contributed by atoms with Crippen molar-refractivity contribution in [2.75, 3.05) is 18.5 Å². The molecule has 3 rings (SSSR count). The van der Waals surface area contributed by atoms with E-state index in [9.17, 15) is 4.79 Å². The van der Waals surface area contributed by atoms with Crippen molar-refractivity contribution < 1.29 is 9.53 Å². The van der Waals surface area contributed by atoms with Gasteiger partial charge in [-0.25, -0.2) is 9.78 Å². The van der Waals surface area contributed by atoms with E-state index < -0.39 is 0 Å². The fourth-order valence-electron chi connectivity index (χ4n) is 3.09. The first-order chi connectivity index (χ1) is 12.1. The number of urea groups is 1. The lowest BCUT2D eigenvalue weighted by molar-refractivity contribution is 0.112. The van der Waals surface area contributed by atoms with Crippen LogP contribution in [0.25, 0.3) is 0 Å². The Hall–Kier alpha value is -2.34. The van der Waals surface area contributed by atoms with Crippen molar-refractivity contribution in [1.82, 2.24) is 14.9 Å². The molecule has 1 unspecified atom stereocenters. The minimum absolute atomic E-state index is 0.146. The second kappa shape index (κ2) is 8.16. The molecule has 1 saturated heterocycles. The van der Waals surface area contributed by atoms with E-state index in [4.69, 9.17) is 4.74 Å². The first-order valence-electron chi connectivity index (χ1n) is 8.88. The third-order valence-corrected chi connectivity index (χ3v) is 4.32. The summed E-state index contributed by atoms with van der Waals surface area (Å²) in [6, 6.07) is 7.71. The van der Waals surface area contributed by atoms with Gasteiger partial charge in [0.25, 0.3) is 0 Å². The number of nitrogens with one attached hydrogen (secondary N) is 2. The van der Waals surface area contributed by atoms with Crippen LogP contribution < -0.4 is 10.6 Å². The predicted molar refractivity (Wildman–Crippen MR) is 97.9 cm³/mol. The van der Waals surface area contributed by atoms with Crippen molar-refractivity contribution in [1.29, 1.82) is 0 Å². The van der Waals surface area contributed by atoms with Crippen molar-refractivity contribution in [2.24, 2.45) is 0 Å². The highest BCUT2D eigenvalue weighted by Crippen LogP contribution is 2.16. The number of benzene rings is 1. The van der Waals surface area contributed by atoms with E-state index in [0.29, 0.717) is 12.5 Å². The van der Waals surface area contributed by atoms with Gasteiger partial charge in [-0.2, -0.15) is 0 Å². The third kappa shape index (κ3) is 4.82. The lowest BCUT2D eigenvalue weighted by Gasteiger charge is -2.13. The summed E-state index contributed by atoms with van der Waals surface area (Å²) in [5.41, 5.74) is 1.91. The van der Waals surface area contributed by atoms with Crippen molar-refractivity contribution >= 4 is 11.7 Å². The first kappa shape index (κ1) is 17.5. The van der Waals surface area contributed by atoms with Gasteiger partial charge < -0.3 is 19.9 Å². The largest absolute Gasteiger partial charge is 0.376 e. The quantitative estimate of drug-likeness (QED) is 0.846. The summed E-state index contributed by atoms with van der Waals surface area (Å²) in [6.07, 6.45) is 6.05. The fraction of sp³-hybridized carbons (Fsp3) is 0.474. The van der Waals surface area contributed by atoms with Crippen molar-refractivity contribution in [3.8, 4) is 0 Å². The Bertz CT molecular complexity index is 705. The average molecular weight is 342 g/mol. The van der Waals surface area contributed by atoms with Crippen LogP contribution >= 0.6 is 0 Å².